The average Bonchev–Trinajstić information content (AvgIpc) is 2.89. The fraction of sp³-hybridized carbons (Fsp3) is 0.0833. The van der Waals surface area contributed by atoms with Gasteiger partial charge in [-0.05, 0) is 12.1 Å². The Kier molecular flexibility index (Phi) is 3.56. The third-order valence-electron chi connectivity index (χ3n) is 2.25. The van der Waals surface area contributed by atoms with Crippen molar-refractivity contribution in [1.29, 1.82) is 5.26 Å². The van der Waals surface area contributed by atoms with Gasteiger partial charge in [-0.1, -0.05) is 12.1 Å². The van der Waals surface area contributed by atoms with Gasteiger partial charge in [-0.15, -0.1) is 0 Å². The zero-order valence-corrected chi connectivity index (χ0v) is 9.71. The van der Waals surface area contributed by atoms with Crippen LogP contribution in [0.2, 0.25) is 0 Å². The van der Waals surface area contributed by atoms with Crippen LogP contribution in [-0.4, -0.2) is 23.4 Å². The summed E-state index contributed by atoms with van der Waals surface area (Å²) in [7, 11) is 1.56. The predicted molar refractivity (Wildman–Crippen MR) is 67.5 cm³/mol. The maximum Gasteiger partial charge on any atom is 0.293 e. The van der Waals surface area contributed by atoms with Crippen LogP contribution in [0, 0.1) is 11.5 Å². The highest BCUT2D eigenvalue weighted by molar-refractivity contribution is 5.66. The minimum atomic E-state index is 0.477. The molecular weight excluding hydrogens is 230 g/mol. The van der Waals surface area contributed by atoms with Gasteiger partial charge in [0.1, 0.15) is 6.34 Å². The van der Waals surface area contributed by atoms with Crippen LogP contribution >= 0.6 is 0 Å². The predicted octanol–water partition coefficient (Wildman–Crippen LogP) is 1.82. The minimum Gasteiger partial charge on any atom is -0.468 e. The highest BCUT2D eigenvalue weighted by atomic mass is 16.5. The number of nitriles is 1. The molecule has 0 amide bonds. The molecular formula is C12H11N5O. The number of aromatic nitrogens is 2. The van der Waals surface area contributed by atoms with E-state index in [4.69, 9.17) is 10.00 Å². The monoisotopic (exact) mass is 241 g/mol. The second-order valence-corrected chi connectivity index (χ2v) is 3.36. The molecule has 90 valence electrons. The zero-order valence-electron chi connectivity index (χ0n) is 9.71. The van der Waals surface area contributed by atoms with Crippen molar-refractivity contribution in [3.63, 3.8) is 0 Å². The van der Waals surface area contributed by atoms with Crippen molar-refractivity contribution in [2.24, 2.45) is 4.99 Å². The molecule has 2 N–H and O–H groups in total. The van der Waals surface area contributed by atoms with Crippen LogP contribution in [0.15, 0.2) is 35.5 Å². The molecule has 2 aromatic rings. The summed E-state index contributed by atoms with van der Waals surface area (Å²) in [5.74, 6) is 0. The number of benzene rings is 1. The molecule has 0 saturated heterocycles. The van der Waals surface area contributed by atoms with Gasteiger partial charge in [-0.3, -0.25) is 5.32 Å². The van der Waals surface area contributed by atoms with Crippen LogP contribution < -0.4 is 10.1 Å². The molecule has 0 radical (unpaired) electrons. The average molecular weight is 241 g/mol. The van der Waals surface area contributed by atoms with Gasteiger partial charge < -0.3 is 9.72 Å². The summed E-state index contributed by atoms with van der Waals surface area (Å²) >= 11 is 0. The van der Waals surface area contributed by atoms with Crippen molar-refractivity contribution < 1.29 is 4.74 Å². The Morgan fingerprint density at radius 3 is 2.83 bits per heavy atom. The maximum atomic E-state index is 8.29. The molecule has 2 rings (SSSR count). The molecule has 0 fully saturated rings. The van der Waals surface area contributed by atoms with Crippen molar-refractivity contribution in [1.82, 2.24) is 15.3 Å². The van der Waals surface area contributed by atoms with Crippen LogP contribution in [-0.2, 0) is 0 Å². The lowest BCUT2D eigenvalue weighted by atomic mass is 10.1. The smallest absolute Gasteiger partial charge is 0.293 e. The van der Waals surface area contributed by atoms with Crippen molar-refractivity contribution >= 4 is 12.0 Å². The zero-order chi connectivity index (χ0) is 12.8. The molecule has 0 unspecified atom stereocenters. The molecule has 0 spiro atoms. The summed E-state index contributed by atoms with van der Waals surface area (Å²) in [6.07, 6.45) is 4.87. The van der Waals surface area contributed by atoms with E-state index in [2.05, 4.69) is 20.3 Å². The van der Waals surface area contributed by atoms with E-state index < -0.39 is 0 Å². The van der Waals surface area contributed by atoms with Gasteiger partial charge in [-0.2, -0.15) is 10.2 Å². The lowest BCUT2D eigenvalue weighted by Gasteiger charge is -1.97. The van der Waals surface area contributed by atoms with Crippen molar-refractivity contribution in [3.8, 4) is 23.5 Å². The van der Waals surface area contributed by atoms with E-state index in [9.17, 15) is 0 Å². The Balaban J connectivity index is 2.14. The number of nitrogens with zero attached hydrogens (tertiary/aromatic N) is 3. The third-order valence-corrected chi connectivity index (χ3v) is 2.25. The number of ether oxygens (including phenoxy) is 1. The summed E-state index contributed by atoms with van der Waals surface area (Å²) < 4.78 is 4.98. The summed E-state index contributed by atoms with van der Waals surface area (Å²) in [5.41, 5.74) is 2.52. The quantitative estimate of drug-likeness (QED) is 0.370. The molecule has 1 aromatic heterocycles. The second kappa shape index (κ2) is 5.50. The minimum absolute atomic E-state index is 0.477. The number of rotatable bonds is 4. The van der Waals surface area contributed by atoms with E-state index in [0.717, 1.165) is 16.9 Å². The van der Waals surface area contributed by atoms with E-state index in [1.54, 1.807) is 19.5 Å². The molecule has 6 heteroatoms. The van der Waals surface area contributed by atoms with Crippen LogP contribution in [0.5, 0.6) is 6.01 Å². The number of hydrogen-bond acceptors (Lipinski definition) is 4. The standard InChI is InChI=1S/C12H11N5O/c1-18-12-15-6-11(17-12)9-2-4-10(5-3-9)16-8-14-7-13/h2-6,8H,1H3,(H,14,16)(H,15,17). The molecule has 0 aliphatic rings. The van der Waals surface area contributed by atoms with Gasteiger partial charge in [0.2, 0.25) is 0 Å². The maximum absolute atomic E-state index is 8.29. The SMILES string of the molecule is COc1nc(-c2ccc(/N=C/NC#N)cc2)c[nH]1. The molecule has 18 heavy (non-hydrogen) atoms. The lowest BCUT2D eigenvalue weighted by molar-refractivity contribution is 0.384. The van der Waals surface area contributed by atoms with Crippen molar-refractivity contribution in [2.75, 3.05) is 7.11 Å². The number of aliphatic imine (C=N–C) groups is 1. The van der Waals surface area contributed by atoms with Gasteiger partial charge in [-0.25, -0.2) is 4.99 Å². The van der Waals surface area contributed by atoms with E-state index >= 15 is 0 Å². The first-order chi connectivity index (χ1) is 8.83. The second-order valence-electron chi connectivity index (χ2n) is 3.36. The fourth-order valence-corrected chi connectivity index (χ4v) is 1.41. The first kappa shape index (κ1) is 11.7. The number of imidazole rings is 1. The Labute approximate surface area is 104 Å². The molecule has 0 saturated carbocycles. The number of H-pyrrole nitrogens is 1. The number of aromatic amines is 1. The van der Waals surface area contributed by atoms with Gasteiger partial charge in [0.15, 0.2) is 6.19 Å². The highest BCUT2D eigenvalue weighted by Crippen LogP contribution is 2.22. The van der Waals surface area contributed by atoms with Gasteiger partial charge in [0, 0.05) is 11.8 Å². The third kappa shape index (κ3) is 2.65. The normalized spacial score (nSPS) is 10.2. The topological polar surface area (TPSA) is 86.1 Å². The molecule has 6 nitrogen and oxygen atoms in total. The van der Waals surface area contributed by atoms with Crippen molar-refractivity contribution in [3.05, 3.63) is 30.5 Å². The summed E-state index contributed by atoms with van der Waals surface area (Å²) in [5, 5.41) is 10.6. The van der Waals surface area contributed by atoms with Gasteiger partial charge in [0.05, 0.1) is 18.5 Å². The van der Waals surface area contributed by atoms with E-state index in [1.807, 2.05) is 24.3 Å². The number of methoxy groups -OCH3 is 1. The molecule has 1 aromatic carbocycles. The molecule has 1 heterocycles. The summed E-state index contributed by atoms with van der Waals surface area (Å²) in [4.78, 5) is 11.2. The molecule has 0 aliphatic heterocycles. The van der Waals surface area contributed by atoms with Crippen molar-refractivity contribution in [2.45, 2.75) is 0 Å². The molecule has 0 atom stereocenters. The van der Waals surface area contributed by atoms with Gasteiger partial charge in [0.25, 0.3) is 6.01 Å². The summed E-state index contributed by atoms with van der Waals surface area (Å²) in [6.45, 7) is 0. The van der Waals surface area contributed by atoms with E-state index in [1.165, 1.54) is 6.34 Å². The Hall–Kier alpha value is -2.81. The highest BCUT2D eigenvalue weighted by Gasteiger charge is 2.03. The lowest BCUT2D eigenvalue weighted by Crippen LogP contribution is -1.98. The van der Waals surface area contributed by atoms with Crippen LogP contribution in [0.3, 0.4) is 0 Å². The van der Waals surface area contributed by atoms with Crippen LogP contribution in [0.25, 0.3) is 11.3 Å². The van der Waals surface area contributed by atoms with Crippen LogP contribution in [0.4, 0.5) is 5.69 Å². The number of hydrogen-bond donors (Lipinski definition) is 2. The molecule has 0 bridgehead atoms. The summed E-state index contributed by atoms with van der Waals surface area (Å²) in [6, 6.07) is 7.95. The number of nitrogens with one attached hydrogen (secondary N) is 2. The first-order valence-electron chi connectivity index (χ1n) is 5.20. The van der Waals surface area contributed by atoms with Gasteiger partial charge >= 0.3 is 0 Å². The molecule has 0 aliphatic carbocycles. The fourth-order valence-electron chi connectivity index (χ4n) is 1.41. The Morgan fingerprint density at radius 2 is 2.22 bits per heavy atom. The first-order valence-corrected chi connectivity index (χ1v) is 5.20. The van der Waals surface area contributed by atoms with E-state index in [-0.39, 0.29) is 0 Å². The van der Waals surface area contributed by atoms with Crippen LogP contribution in [0.1, 0.15) is 0 Å². The van der Waals surface area contributed by atoms with E-state index in [0.29, 0.717) is 6.01 Å². The Bertz CT molecular complexity index is 579. The Morgan fingerprint density at radius 1 is 1.44 bits per heavy atom. The largest absolute Gasteiger partial charge is 0.468 e.